The molecule has 8 heteroatoms. The van der Waals surface area contributed by atoms with E-state index in [4.69, 9.17) is 4.74 Å². The molecule has 0 atom stereocenters. The maximum Gasteiger partial charge on any atom is 0.418 e. The molecule has 0 bridgehead atoms. The standard InChI is InChI=1S/C26H22F3N3O2/c1-15-11-24(34-17(3)33)16(2)10-23(15)30-13-18-6-4-7-19(12-18)21-14-31-32-25-20(21)8-5-9-22(25)26(27,28)29/h4-12,14,30H,13H2,1-3H3. The Hall–Kier alpha value is -3.94. The van der Waals surface area contributed by atoms with Crippen LogP contribution in [0.1, 0.15) is 29.2 Å². The number of hydrogen-bond donors (Lipinski definition) is 1. The lowest BCUT2D eigenvalue weighted by Crippen LogP contribution is -2.07. The van der Waals surface area contributed by atoms with Crippen LogP contribution in [-0.4, -0.2) is 16.2 Å². The van der Waals surface area contributed by atoms with E-state index in [9.17, 15) is 18.0 Å². The Labute approximate surface area is 194 Å². The fraction of sp³-hybridized carbons (Fsp3) is 0.192. The highest BCUT2D eigenvalue weighted by atomic mass is 19.4. The van der Waals surface area contributed by atoms with Crippen molar-refractivity contribution in [1.82, 2.24) is 10.2 Å². The molecule has 0 fully saturated rings. The molecule has 174 valence electrons. The summed E-state index contributed by atoms with van der Waals surface area (Å²) >= 11 is 0. The van der Waals surface area contributed by atoms with Gasteiger partial charge in [-0.25, -0.2) is 0 Å². The predicted octanol–water partition coefficient (Wildman–Crippen LogP) is 6.47. The molecule has 0 aliphatic rings. The molecule has 0 spiro atoms. The SMILES string of the molecule is CC(=O)Oc1cc(C)c(NCc2cccc(-c3cnnc4c(C(F)(F)F)cccc34)c2)cc1C. The van der Waals surface area contributed by atoms with Crippen molar-refractivity contribution >= 4 is 22.6 Å². The Morgan fingerprint density at radius 3 is 2.53 bits per heavy atom. The van der Waals surface area contributed by atoms with E-state index in [1.54, 1.807) is 6.07 Å². The predicted molar refractivity (Wildman–Crippen MR) is 125 cm³/mol. The van der Waals surface area contributed by atoms with E-state index in [0.717, 1.165) is 34.0 Å². The first-order valence-corrected chi connectivity index (χ1v) is 10.6. The molecule has 0 saturated carbocycles. The van der Waals surface area contributed by atoms with Gasteiger partial charge in [-0.05, 0) is 60.4 Å². The van der Waals surface area contributed by atoms with Gasteiger partial charge in [0.2, 0.25) is 0 Å². The Morgan fingerprint density at radius 1 is 1.03 bits per heavy atom. The van der Waals surface area contributed by atoms with Crippen molar-refractivity contribution in [2.45, 2.75) is 33.5 Å². The average molecular weight is 465 g/mol. The summed E-state index contributed by atoms with van der Waals surface area (Å²) in [5, 5.41) is 11.4. The van der Waals surface area contributed by atoms with Gasteiger partial charge in [-0.3, -0.25) is 4.79 Å². The summed E-state index contributed by atoms with van der Waals surface area (Å²) in [6.45, 7) is 5.63. The Kier molecular flexibility index (Phi) is 6.24. The number of esters is 1. The van der Waals surface area contributed by atoms with Gasteiger partial charge >= 0.3 is 12.1 Å². The number of halogens is 3. The lowest BCUT2D eigenvalue weighted by molar-refractivity contribution is -0.136. The summed E-state index contributed by atoms with van der Waals surface area (Å²) in [4.78, 5) is 11.3. The van der Waals surface area contributed by atoms with Gasteiger partial charge in [0, 0.05) is 30.1 Å². The molecule has 0 amide bonds. The number of ether oxygens (including phenoxy) is 1. The third kappa shape index (κ3) is 4.85. The van der Waals surface area contributed by atoms with Crippen molar-refractivity contribution in [2.24, 2.45) is 0 Å². The van der Waals surface area contributed by atoms with Crippen molar-refractivity contribution in [3.05, 3.63) is 83.0 Å². The van der Waals surface area contributed by atoms with Crippen LogP contribution in [0.15, 0.2) is 60.8 Å². The van der Waals surface area contributed by atoms with Gasteiger partial charge in [0.15, 0.2) is 0 Å². The van der Waals surface area contributed by atoms with Crippen molar-refractivity contribution in [3.63, 3.8) is 0 Å². The van der Waals surface area contributed by atoms with Crippen LogP contribution in [0.2, 0.25) is 0 Å². The van der Waals surface area contributed by atoms with Crippen LogP contribution in [0.3, 0.4) is 0 Å². The molecule has 1 aromatic heterocycles. The number of carbonyl (C=O) groups excluding carboxylic acids is 1. The van der Waals surface area contributed by atoms with E-state index < -0.39 is 11.7 Å². The number of fused-ring (bicyclic) bond motifs is 1. The first-order valence-electron chi connectivity index (χ1n) is 10.6. The largest absolute Gasteiger partial charge is 0.426 e. The maximum atomic E-state index is 13.4. The molecule has 0 aliphatic carbocycles. The molecule has 4 rings (SSSR count). The highest BCUT2D eigenvalue weighted by Gasteiger charge is 2.33. The highest BCUT2D eigenvalue weighted by molar-refractivity contribution is 5.95. The second-order valence-electron chi connectivity index (χ2n) is 8.04. The molecule has 1 N–H and O–H groups in total. The summed E-state index contributed by atoms with van der Waals surface area (Å²) in [6, 6.07) is 15.3. The van der Waals surface area contributed by atoms with E-state index in [2.05, 4.69) is 15.5 Å². The number of hydrogen-bond acceptors (Lipinski definition) is 5. The second-order valence-corrected chi connectivity index (χ2v) is 8.04. The van der Waals surface area contributed by atoms with Gasteiger partial charge in [0.05, 0.1) is 11.8 Å². The van der Waals surface area contributed by atoms with E-state index in [0.29, 0.717) is 23.2 Å². The quantitative estimate of drug-likeness (QED) is 0.270. The lowest BCUT2D eigenvalue weighted by Gasteiger charge is -2.15. The molecule has 4 aromatic rings. The number of aromatic nitrogens is 2. The molecule has 3 aromatic carbocycles. The number of alkyl halides is 3. The molecule has 0 saturated heterocycles. The van der Waals surface area contributed by atoms with Crippen LogP contribution in [-0.2, 0) is 17.5 Å². The van der Waals surface area contributed by atoms with Crippen LogP contribution in [0.4, 0.5) is 18.9 Å². The van der Waals surface area contributed by atoms with E-state index in [1.807, 2.05) is 50.2 Å². The monoisotopic (exact) mass is 465 g/mol. The van der Waals surface area contributed by atoms with Crippen LogP contribution < -0.4 is 10.1 Å². The first-order chi connectivity index (χ1) is 16.1. The van der Waals surface area contributed by atoms with Gasteiger partial charge in [-0.1, -0.05) is 30.3 Å². The summed E-state index contributed by atoms with van der Waals surface area (Å²) in [5.74, 6) is 0.147. The Balaban J connectivity index is 1.62. The lowest BCUT2D eigenvalue weighted by atomic mass is 9.99. The minimum Gasteiger partial charge on any atom is -0.426 e. The minimum atomic E-state index is -4.51. The van der Waals surface area contributed by atoms with Gasteiger partial charge < -0.3 is 10.1 Å². The number of rotatable bonds is 5. The van der Waals surface area contributed by atoms with Gasteiger partial charge in [0.1, 0.15) is 11.3 Å². The van der Waals surface area contributed by atoms with Gasteiger partial charge in [0.25, 0.3) is 0 Å². The Morgan fingerprint density at radius 2 is 1.79 bits per heavy atom. The average Bonchev–Trinajstić information content (AvgIpc) is 2.78. The van der Waals surface area contributed by atoms with Gasteiger partial charge in [-0.2, -0.15) is 18.3 Å². The third-order valence-electron chi connectivity index (χ3n) is 5.47. The molecule has 0 unspecified atom stereocenters. The maximum absolute atomic E-state index is 13.4. The molecular formula is C26H22F3N3O2. The summed E-state index contributed by atoms with van der Waals surface area (Å²) in [5.41, 5.74) is 3.93. The number of benzene rings is 3. The number of carbonyl (C=O) groups is 1. The van der Waals surface area contributed by atoms with E-state index in [-0.39, 0.29) is 11.5 Å². The third-order valence-corrected chi connectivity index (χ3v) is 5.47. The molecule has 0 aliphatic heterocycles. The van der Waals surface area contributed by atoms with Crippen molar-refractivity contribution < 1.29 is 22.7 Å². The van der Waals surface area contributed by atoms with Crippen LogP contribution >= 0.6 is 0 Å². The molecule has 1 heterocycles. The van der Waals surface area contributed by atoms with Crippen molar-refractivity contribution in [3.8, 4) is 16.9 Å². The second kappa shape index (κ2) is 9.13. The molecular weight excluding hydrogens is 443 g/mol. The Bertz CT molecular complexity index is 1380. The number of nitrogens with zero attached hydrogens (tertiary/aromatic N) is 2. The smallest absolute Gasteiger partial charge is 0.418 e. The van der Waals surface area contributed by atoms with Crippen LogP contribution in [0, 0.1) is 13.8 Å². The highest BCUT2D eigenvalue weighted by Crippen LogP contribution is 2.36. The normalized spacial score (nSPS) is 11.5. The molecule has 34 heavy (non-hydrogen) atoms. The van der Waals surface area contributed by atoms with Crippen LogP contribution in [0.25, 0.3) is 22.0 Å². The van der Waals surface area contributed by atoms with Crippen molar-refractivity contribution in [1.29, 1.82) is 0 Å². The molecule has 5 nitrogen and oxygen atoms in total. The van der Waals surface area contributed by atoms with Crippen molar-refractivity contribution in [2.75, 3.05) is 5.32 Å². The summed E-state index contributed by atoms with van der Waals surface area (Å²) < 4.78 is 45.5. The first kappa shape index (κ1) is 23.2. The summed E-state index contributed by atoms with van der Waals surface area (Å²) in [6.07, 6.45) is -3.03. The zero-order valence-electron chi connectivity index (χ0n) is 18.8. The number of anilines is 1. The number of nitrogens with one attached hydrogen (secondary N) is 1. The van der Waals surface area contributed by atoms with Gasteiger partial charge in [-0.15, -0.1) is 5.10 Å². The van der Waals surface area contributed by atoms with E-state index in [1.165, 1.54) is 19.2 Å². The fourth-order valence-corrected chi connectivity index (χ4v) is 3.83. The van der Waals surface area contributed by atoms with E-state index >= 15 is 0 Å². The zero-order valence-corrected chi connectivity index (χ0v) is 18.8. The topological polar surface area (TPSA) is 64.1 Å². The minimum absolute atomic E-state index is 0.171. The summed E-state index contributed by atoms with van der Waals surface area (Å²) in [7, 11) is 0. The number of aryl methyl sites for hydroxylation is 2. The fourth-order valence-electron chi connectivity index (χ4n) is 3.83. The molecule has 0 radical (unpaired) electrons. The zero-order chi connectivity index (χ0) is 24.5. The van der Waals surface area contributed by atoms with Crippen LogP contribution in [0.5, 0.6) is 5.75 Å².